The molecule has 0 spiro atoms. The first-order chi connectivity index (χ1) is 6.16. The lowest BCUT2D eigenvalue weighted by molar-refractivity contribution is 0.150. The summed E-state index contributed by atoms with van der Waals surface area (Å²) in [5.41, 5.74) is 0.0655. The Morgan fingerprint density at radius 2 is 2.15 bits per heavy atom. The molecule has 0 unspecified atom stereocenters. The van der Waals surface area contributed by atoms with Gasteiger partial charge in [0.15, 0.2) is 0 Å². The maximum absolute atomic E-state index is 12.4. The van der Waals surface area contributed by atoms with Crippen LogP contribution in [0.5, 0.6) is 0 Å². The highest BCUT2D eigenvalue weighted by Gasteiger charge is 2.15. The highest BCUT2D eigenvalue weighted by molar-refractivity contribution is 6.31. The second-order valence-corrected chi connectivity index (χ2v) is 2.86. The van der Waals surface area contributed by atoms with Crippen LogP contribution in [0, 0.1) is 11.3 Å². The number of halogens is 3. The van der Waals surface area contributed by atoms with Crippen LogP contribution in [-0.4, -0.2) is 0 Å². The van der Waals surface area contributed by atoms with E-state index in [1.54, 1.807) is 6.07 Å². The van der Waals surface area contributed by atoms with Crippen LogP contribution in [0.1, 0.15) is 17.6 Å². The smallest absolute Gasteiger partial charge is 0.205 e. The first-order valence-corrected chi connectivity index (χ1v) is 3.97. The van der Waals surface area contributed by atoms with Gasteiger partial charge in [-0.1, -0.05) is 23.7 Å². The van der Waals surface area contributed by atoms with Crippen molar-refractivity contribution in [3.8, 4) is 6.07 Å². The van der Waals surface area contributed by atoms with Gasteiger partial charge >= 0.3 is 0 Å². The van der Waals surface area contributed by atoms with Gasteiger partial charge in [0.1, 0.15) is 0 Å². The highest BCUT2D eigenvalue weighted by Crippen LogP contribution is 2.30. The minimum absolute atomic E-state index is 0.0164. The summed E-state index contributed by atoms with van der Waals surface area (Å²) in [5, 5.41) is 8.40. The Morgan fingerprint density at radius 1 is 1.46 bits per heavy atom. The van der Waals surface area contributed by atoms with Crippen LogP contribution in [0.15, 0.2) is 18.2 Å². The molecule has 0 bridgehead atoms. The van der Waals surface area contributed by atoms with Crippen LogP contribution in [0.2, 0.25) is 5.02 Å². The van der Waals surface area contributed by atoms with Crippen LogP contribution in [-0.2, 0) is 6.42 Å². The fourth-order valence-electron chi connectivity index (χ4n) is 1.07. The topological polar surface area (TPSA) is 23.8 Å². The second-order valence-electron chi connectivity index (χ2n) is 2.45. The van der Waals surface area contributed by atoms with Crippen molar-refractivity contribution in [1.29, 1.82) is 5.26 Å². The quantitative estimate of drug-likeness (QED) is 0.720. The lowest BCUT2D eigenvalue weighted by atomic mass is 10.1. The molecule has 0 N–H and O–H groups in total. The number of nitrogens with zero attached hydrogens (tertiary/aromatic N) is 1. The average molecular weight is 202 g/mol. The van der Waals surface area contributed by atoms with Gasteiger partial charge in [-0.25, -0.2) is 8.78 Å². The molecule has 1 aromatic carbocycles. The molecule has 1 nitrogen and oxygen atoms in total. The van der Waals surface area contributed by atoms with Gasteiger partial charge in [-0.15, -0.1) is 0 Å². The maximum atomic E-state index is 12.4. The number of nitriles is 1. The lowest BCUT2D eigenvalue weighted by Gasteiger charge is -2.06. The lowest BCUT2D eigenvalue weighted by Crippen LogP contribution is -1.94. The zero-order chi connectivity index (χ0) is 9.84. The molecular weight excluding hydrogens is 196 g/mol. The van der Waals surface area contributed by atoms with Crippen molar-refractivity contribution in [2.75, 3.05) is 0 Å². The third-order valence-electron chi connectivity index (χ3n) is 1.63. The normalized spacial score (nSPS) is 10.1. The summed E-state index contributed by atoms with van der Waals surface area (Å²) < 4.78 is 24.8. The molecule has 1 aromatic rings. The molecular formula is C9H6ClF2N. The minimum atomic E-state index is -2.63. The Balaban J connectivity index is 3.19. The maximum Gasteiger partial charge on any atom is 0.265 e. The number of hydrogen-bond donors (Lipinski definition) is 0. The van der Waals surface area contributed by atoms with E-state index in [0.717, 1.165) is 0 Å². The Labute approximate surface area is 79.6 Å². The van der Waals surface area contributed by atoms with Gasteiger partial charge in [-0.05, 0) is 11.6 Å². The predicted octanol–water partition coefficient (Wildman–Crippen LogP) is 3.34. The van der Waals surface area contributed by atoms with Gasteiger partial charge in [0.05, 0.1) is 12.5 Å². The van der Waals surface area contributed by atoms with Gasteiger partial charge in [0, 0.05) is 10.6 Å². The summed E-state index contributed by atoms with van der Waals surface area (Å²) in [6.07, 6.45) is -2.67. The molecule has 0 heterocycles. The van der Waals surface area contributed by atoms with E-state index in [1.807, 2.05) is 6.07 Å². The van der Waals surface area contributed by atoms with E-state index in [0.29, 0.717) is 5.56 Å². The summed E-state index contributed by atoms with van der Waals surface area (Å²) in [6.45, 7) is 0. The molecule has 0 radical (unpaired) electrons. The van der Waals surface area contributed by atoms with Gasteiger partial charge in [-0.3, -0.25) is 0 Å². The first-order valence-electron chi connectivity index (χ1n) is 3.59. The first kappa shape index (κ1) is 9.94. The molecule has 0 amide bonds. The van der Waals surface area contributed by atoms with Crippen molar-refractivity contribution in [2.45, 2.75) is 12.8 Å². The molecule has 0 aromatic heterocycles. The largest absolute Gasteiger partial charge is 0.265 e. The Bertz CT molecular complexity index is 344. The molecule has 0 saturated carbocycles. The zero-order valence-corrected chi connectivity index (χ0v) is 7.35. The van der Waals surface area contributed by atoms with Crippen molar-refractivity contribution in [1.82, 2.24) is 0 Å². The molecule has 0 aliphatic carbocycles. The van der Waals surface area contributed by atoms with E-state index < -0.39 is 6.43 Å². The van der Waals surface area contributed by atoms with Gasteiger partial charge < -0.3 is 0 Å². The number of rotatable bonds is 2. The van der Waals surface area contributed by atoms with Crippen molar-refractivity contribution in [2.24, 2.45) is 0 Å². The molecule has 0 fully saturated rings. The molecule has 13 heavy (non-hydrogen) atoms. The van der Waals surface area contributed by atoms with Crippen LogP contribution >= 0.6 is 11.6 Å². The van der Waals surface area contributed by atoms with Gasteiger partial charge in [-0.2, -0.15) is 5.26 Å². The predicted molar refractivity (Wildman–Crippen MR) is 45.7 cm³/mol. The van der Waals surface area contributed by atoms with Crippen molar-refractivity contribution >= 4 is 11.6 Å². The van der Waals surface area contributed by atoms with Crippen LogP contribution in [0.4, 0.5) is 8.78 Å². The van der Waals surface area contributed by atoms with Crippen LogP contribution in [0.25, 0.3) is 0 Å². The van der Waals surface area contributed by atoms with Gasteiger partial charge in [0.25, 0.3) is 6.43 Å². The SMILES string of the molecule is N#CCc1cccc(Cl)c1C(F)F. The van der Waals surface area contributed by atoms with Crippen LogP contribution < -0.4 is 0 Å². The number of hydrogen-bond acceptors (Lipinski definition) is 1. The molecule has 68 valence electrons. The number of benzene rings is 1. The van der Waals surface area contributed by atoms with Crippen LogP contribution in [0.3, 0.4) is 0 Å². The molecule has 0 saturated heterocycles. The second kappa shape index (κ2) is 4.20. The molecule has 0 atom stereocenters. The summed E-state index contributed by atoms with van der Waals surface area (Å²) in [4.78, 5) is 0. The van der Waals surface area contributed by atoms with E-state index in [4.69, 9.17) is 16.9 Å². The van der Waals surface area contributed by atoms with E-state index in [1.165, 1.54) is 12.1 Å². The monoisotopic (exact) mass is 201 g/mol. The van der Waals surface area contributed by atoms with E-state index in [-0.39, 0.29) is 17.0 Å². The van der Waals surface area contributed by atoms with E-state index >= 15 is 0 Å². The van der Waals surface area contributed by atoms with Crippen molar-refractivity contribution < 1.29 is 8.78 Å². The molecule has 0 aliphatic heterocycles. The van der Waals surface area contributed by atoms with Crippen molar-refractivity contribution in [3.05, 3.63) is 34.3 Å². The number of alkyl halides is 2. The summed E-state index contributed by atoms with van der Waals surface area (Å²) in [5.74, 6) is 0. The van der Waals surface area contributed by atoms with Crippen molar-refractivity contribution in [3.63, 3.8) is 0 Å². The molecule has 0 aliphatic rings. The molecule has 4 heteroatoms. The zero-order valence-electron chi connectivity index (χ0n) is 6.60. The Kier molecular flexibility index (Phi) is 3.21. The van der Waals surface area contributed by atoms with E-state index in [9.17, 15) is 8.78 Å². The third kappa shape index (κ3) is 2.16. The average Bonchev–Trinajstić information content (AvgIpc) is 2.04. The third-order valence-corrected chi connectivity index (χ3v) is 1.96. The van der Waals surface area contributed by atoms with E-state index in [2.05, 4.69) is 0 Å². The Morgan fingerprint density at radius 3 is 2.69 bits per heavy atom. The summed E-state index contributed by atoms with van der Waals surface area (Å²) >= 11 is 5.57. The fraction of sp³-hybridized carbons (Fsp3) is 0.222. The summed E-state index contributed by atoms with van der Waals surface area (Å²) in [6, 6.07) is 6.25. The molecule has 1 rings (SSSR count). The minimum Gasteiger partial charge on any atom is -0.205 e. The summed E-state index contributed by atoms with van der Waals surface area (Å²) in [7, 11) is 0. The Hall–Kier alpha value is -1.14. The fourth-order valence-corrected chi connectivity index (χ4v) is 1.34. The standard InChI is InChI=1S/C9H6ClF2N/c10-7-3-1-2-6(4-5-13)8(7)9(11)12/h1-3,9H,4H2. The highest BCUT2D eigenvalue weighted by atomic mass is 35.5. The van der Waals surface area contributed by atoms with Gasteiger partial charge in [0.2, 0.25) is 0 Å².